The number of nitrogens with zero attached hydrogens (tertiary/aromatic N) is 1. The van der Waals surface area contributed by atoms with Crippen LogP contribution >= 0.6 is 15.9 Å². The van der Waals surface area contributed by atoms with E-state index in [1.54, 1.807) is 0 Å². The molecule has 0 radical (unpaired) electrons. The highest BCUT2D eigenvalue weighted by atomic mass is 79.9. The number of unbranched alkanes of at least 4 members (excludes halogenated alkanes) is 3. The van der Waals surface area contributed by atoms with Crippen LogP contribution < -0.4 is 16.0 Å². The van der Waals surface area contributed by atoms with Crippen molar-refractivity contribution in [2.45, 2.75) is 32.1 Å². The lowest BCUT2D eigenvalue weighted by Crippen LogP contribution is -2.16. The van der Waals surface area contributed by atoms with E-state index in [0.29, 0.717) is 6.42 Å². The van der Waals surface area contributed by atoms with Crippen molar-refractivity contribution in [3.8, 4) is 0 Å². The molecule has 112 valence electrons. The highest BCUT2D eigenvalue weighted by Crippen LogP contribution is 2.28. The molecule has 0 saturated carbocycles. The minimum Gasteiger partial charge on any atom is -0.376 e. The summed E-state index contributed by atoms with van der Waals surface area (Å²) in [4.78, 5) is 14.0. The molecular formula is C15H24BrN3O. The van der Waals surface area contributed by atoms with E-state index in [1.165, 1.54) is 0 Å². The molecule has 20 heavy (non-hydrogen) atoms. The Bertz CT molecular complexity index is 435. The predicted molar refractivity (Wildman–Crippen MR) is 89.2 cm³/mol. The largest absolute Gasteiger partial charge is 0.376 e. The summed E-state index contributed by atoms with van der Waals surface area (Å²) < 4.78 is 0.960. The van der Waals surface area contributed by atoms with Gasteiger partial charge in [-0.15, -0.1) is 0 Å². The van der Waals surface area contributed by atoms with E-state index in [4.69, 9.17) is 5.73 Å². The molecule has 0 atom stereocenters. The van der Waals surface area contributed by atoms with E-state index < -0.39 is 0 Å². The summed E-state index contributed by atoms with van der Waals surface area (Å²) in [6.45, 7) is 0.733. The van der Waals surface area contributed by atoms with Gasteiger partial charge in [0.1, 0.15) is 0 Å². The third kappa shape index (κ3) is 5.92. The molecule has 0 aliphatic rings. The van der Waals surface area contributed by atoms with Crippen LogP contribution in [-0.4, -0.2) is 26.5 Å². The van der Waals surface area contributed by atoms with Crippen molar-refractivity contribution < 1.29 is 4.79 Å². The van der Waals surface area contributed by atoms with Crippen LogP contribution in [0.25, 0.3) is 0 Å². The number of rotatable bonds is 8. The zero-order chi connectivity index (χ0) is 15.0. The van der Waals surface area contributed by atoms with Crippen molar-refractivity contribution in [2.24, 2.45) is 5.73 Å². The van der Waals surface area contributed by atoms with Gasteiger partial charge >= 0.3 is 0 Å². The van der Waals surface area contributed by atoms with E-state index in [0.717, 1.165) is 48.1 Å². The Kier molecular flexibility index (Phi) is 7.62. The second kappa shape index (κ2) is 8.97. The van der Waals surface area contributed by atoms with Crippen LogP contribution in [0.1, 0.15) is 32.1 Å². The maximum absolute atomic E-state index is 12.0. The van der Waals surface area contributed by atoms with Gasteiger partial charge in [0.25, 0.3) is 0 Å². The van der Waals surface area contributed by atoms with Gasteiger partial charge < -0.3 is 16.0 Å². The maximum atomic E-state index is 12.0. The summed E-state index contributed by atoms with van der Waals surface area (Å²) in [6, 6.07) is 5.89. The molecule has 0 aliphatic carbocycles. The first kappa shape index (κ1) is 17.0. The van der Waals surface area contributed by atoms with Gasteiger partial charge in [-0.3, -0.25) is 4.79 Å². The van der Waals surface area contributed by atoms with E-state index in [2.05, 4.69) is 21.2 Å². The van der Waals surface area contributed by atoms with Crippen LogP contribution in [0, 0.1) is 0 Å². The third-order valence-corrected chi connectivity index (χ3v) is 3.57. The second-order valence-corrected chi connectivity index (χ2v) is 5.97. The van der Waals surface area contributed by atoms with Crippen LogP contribution in [0.15, 0.2) is 22.7 Å². The molecule has 0 aliphatic heterocycles. The molecule has 0 aromatic heterocycles. The highest BCUT2D eigenvalue weighted by Gasteiger charge is 2.09. The number of amides is 1. The Labute approximate surface area is 129 Å². The molecule has 1 aromatic rings. The number of hydrogen-bond acceptors (Lipinski definition) is 3. The van der Waals surface area contributed by atoms with Gasteiger partial charge in [0.2, 0.25) is 5.91 Å². The number of nitrogens with one attached hydrogen (secondary N) is 1. The van der Waals surface area contributed by atoms with Crippen molar-refractivity contribution >= 4 is 33.2 Å². The van der Waals surface area contributed by atoms with E-state index in [1.807, 2.05) is 37.2 Å². The Balaban J connectivity index is 2.50. The van der Waals surface area contributed by atoms with E-state index in [-0.39, 0.29) is 5.91 Å². The Morgan fingerprint density at radius 1 is 1.25 bits per heavy atom. The molecule has 1 aromatic carbocycles. The lowest BCUT2D eigenvalue weighted by Gasteiger charge is -2.18. The number of benzene rings is 1. The predicted octanol–water partition coefficient (Wildman–Crippen LogP) is 3.36. The number of carbonyl (C=O) groups excluding carboxylic acids is 1. The van der Waals surface area contributed by atoms with Gasteiger partial charge in [-0.1, -0.05) is 28.8 Å². The zero-order valence-corrected chi connectivity index (χ0v) is 13.9. The first-order valence-corrected chi connectivity index (χ1v) is 7.80. The monoisotopic (exact) mass is 341 g/mol. The number of anilines is 2. The fourth-order valence-electron chi connectivity index (χ4n) is 1.99. The minimum absolute atomic E-state index is 0.0685. The zero-order valence-electron chi connectivity index (χ0n) is 12.3. The number of hydrogen-bond donors (Lipinski definition) is 2. The summed E-state index contributed by atoms with van der Waals surface area (Å²) in [6.07, 6.45) is 4.67. The lowest BCUT2D eigenvalue weighted by atomic mass is 10.1. The lowest BCUT2D eigenvalue weighted by molar-refractivity contribution is -0.116. The molecule has 0 fully saturated rings. The standard InChI is InChI=1S/C15H24BrN3O/c1-19(2)14-9-8-12(16)11-13(14)18-15(20)7-5-3-4-6-10-17/h8-9,11H,3-7,10,17H2,1-2H3,(H,18,20). The summed E-state index contributed by atoms with van der Waals surface area (Å²) in [5, 5.41) is 2.99. The fraction of sp³-hybridized carbons (Fsp3) is 0.533. The Morgan fingerprint density at radius 3 is 2.60 bits per heavy atom. The number of carbonyl (C=O) groups is 1. The van der Waals surface area contributed by atoms with Crippen LogP contribution in [0.4, 0.5) is 11.4 Å². The quantitative estimate of drug-likeness (QED) is 0.712. The molecule has 0 bridgehead atoms. The van der Waals surface area contributed by atoms with Crippen LogP contribution in [0.2, 0.25) is 0 Å². The van der Waals surface area contributed by atoms with E-state index in [9.17, 15) is 4.79 Å². The normalized spacial score (nSPS) is 10.4. The number of halogens is 1. The molecule has 0 spiro atoms. The Hall–Kier alpha value is -1.07. The minimum atomic E-state index is 0.0685. The summed E-state index contributed by atoms with van der Waals surface area (Å²) in [7, 11) is 3.93. The fourth-order valence-corrected chi connectivity index (χ4v) is 2.36. The van der Waals surface area contributed by atoms with Crippen molar-refractivity contribution in [3.63, 3.8) is 0 Å². The van der Waals surface area contributed by atoms with Crippen LogP contribution in [0.5, 0.6) is 0 Å². The second-order valence-electron chi connectivity index (χ2n) is 5.06. The SMILES string of the molecule is CN(C)c1ccc(Br)cc1NC(=O)CCCCCCN. The van der Waals surface area contributed by atoms with Gasteiger partial charge in [0.15, 0.2) is 0 Å². The molecule has 3 N–H and O–H groups in total. The Morgan fingerprint density at radius 2 is 1.95 bits per heavy atom. The molecule has 1 amide bonds. The number of nitrogens with two attached hydrogens (primary N) is 1. The van der Waals surface area contributed by atoms with Crippen molar-refractivity contribution in [1.29, 1.82) is 0 Å². The van der Waals surface area contributed by atoms with E-state index >= 15 is 0 Å². The third-order valence-electron chi connectivity index (χ3n) is 3.07. The molecule has 0 unspecified atom stereocenters. The average molecular weight is 342 g/mol. The topological polar surface area (TPSA) is 58.4 Å². The molecule has 0 heterocycles. The maximum Gasteiger partial charge on any atom is 0.224 e. The summed E-state index contributed by atoms with van der Waals surface area (Å²) in [5.41, 5.74) is 7.29. The molecule has 0 saturated heterocycles. The van der Waals surface area contributed by atoms with Crippen molar-refractivity contribution in [3.05, 3.63) is 22.7 Å². The van der Waals surface area contributed by atoms with Gasteiger partial charge in [-0.05, 0) is 37.6 Å². The average Bonchev–Trinajstić information content (AvgIpc) is 2.38. The smallest absolute Gasteiger partial charge is 0.224 e. The first-order valence-electron chi connectivity index (χ1n) is 7.01. The summed E-state index contributed by atoms with van der Waals surface area (Å²) in [5.74, 6) is 0.0685. The molecule has 5 heteroatoms. The molecule has 4 nitrogen and oxygen atoms in total. The first-order chi connectivity index (χ1) is 9.54. The summed E-state index contributed by atoms with van der Waals surface area (Å²) >= 11 is 3.43. The van der Waals surface area contributed by atoms with Gasteiger partial charge in [-0.2, -0.15) is 0 Å². The van der Waals surface area contributed by atoms with Crippen molar-refractivity contribution in [1.82, 2.24) is 0 Å². The molecular weight excluding hydrogens is 318 g/mol. The van der Waals surface area contributed by atoms with Gasteiger partial charge in [0.05, 0.1) is 11.4 Å². The highest BCUT2D eigenvalue weighted by molar-refractivity contribution is 9.10. The van der Waals surface area contributed by atoms with Crippen LogP contribution in [0.3, 0.4) is 0 Å². The van der Waals surface area contributed by atoms with Gasteiger partial charge in [0, 0.05) is 25.0 Å². The van der Waals surface area contributed by atoms with Crippen LogP contribution in [-0.2, 0) is 4.79 Å². The van der Waals surface area contributed by atoms with Gasteiger partial charge in [-0.25, -0.2) is 0 Å². The molecule has 1 rings (SSSR count). The van der Waals surface area contributed by atoms with Crippen molar-refractivity contribution in [2.75, 3.05) is 30.9 Å².